The van der Waals surface area contributed by atoms with Crippen molar-refractivity contribution in [2.45, 2.75) is 23.8 Å². The van der Waals surface area contributed by atoms with Crippen molar-refractivity contribution >= 4 is 44.1 Å². The van der Waals surface area contributed by atoms with E-state index in [0.717, 1.165) is 6.07 Å². The molecule has 0 bridgehead atoms. The van der Waals surface area contributed by atoms with Crippen LogP contribution in [0.15, 0.2) is 47.5 Å². The predicted octanol–water partition coefficient (Wildman–Crippen LogP) is 3.36. The first-order valence-electron chi connectivity index (χ1n) is 9.31. The van der Waals surface area contributed by atoms with Crippen molar-refractivity contribution in [2.24, 2.45) is 0 Å². The summed E-state index contributed by atoms with van der Waals surface area (Å²) in [5.74, 6) is -1.16. The maximum atomic E-state index is 13.4. The molecule has 4 rings (SSSR count). The number of fused-ring (bicyclic) bond motifs is 1. The van der Waals surface area contributed by atoms with Gasteiger partial charge in [0.1, 0.15) is 5.82 Å². The zero-order valence-electron chi connectivity index (χ0n) is 15.7. The Labute approximate surface area is 177 Å². The van der Waals surface area contributed by atoms with Crippen molar-refractivity contribution in [3.63, 3.8) is 0 Å². The molecule has 0 atom stereocenters. The maximum Gasteiger partial charge on any atom is 0.256 e. The fraction of sp³-hybridized carbons (Fsp3) is 0.250. The van der Waals surface area contributed by atoms with E-state index in [1.54, 1.807) is 12.3 Å². The normalized spacial score (nSPS) is 16.1. The van der Waals surface area contributed by atoms with Crippen LogP contribution in [0.5, 0.6) is 0 Å². The molecular weight excluding hydrogens is 433 g/mol. The van der Waals surface area contributed by atoms with Crippen LogP contribution in [-0.4, -0.2) is 47.9 Å². The largest absolute Gasteiger partial charge is 0.393 e. The van der Waals surface area contributed by atoms with Crippen molar-refractivity contribution in [3.8, 4) is 0 Å². The van der Waals surface area contributed by atoms with Gasteiger partial charge in [-0.2, -0.15) is 4.31 Å². The van der Waals surface area contributed by atoms with E-state index in [1.165, 1.54) is 28.6 Å². The number of sulfonamides is 1. The van der Waals surface area contributed by atoms with Gasteiger partial charge in [0.2, 0.25) is 10.0 Å². The van der Waals surface area contributed by atoms with Gasteiger partial charge in [-0.25, -0.2) is 12.8 Å². The second-order valence-electron chi connectivity index (χ2n) is 7.13. The van der Waals surface area contributed by atoms with Gasteiger partial charge in [-0.1, -0.05) is 11.6 Å². The van der Waals surface area contributed by atoms with E-state index < -0.39 is 27.9 Å². The molecule has 0 saturated carbocycles. The van der Waals surface area contributed by atoms with Gasteiger partial charge in [-0.05, 0) is 49.2 Å². The van der Waals surface area contributed by atoms with Crippen LogP contribution >= 0.6 is 11.6 Å². The van der Waals surface area contributed by atoms with Gasteiger partial charge >= 0.3 is 0 Å². The van der Waals surface area contributed by atoms with Crippen molar-refractivity contribution in [1.82, 2.24) is 9.29 Å². The number of nitrogens with one attached hydrogen (secondary N) is 2. The summed E-state index contributed by atoms with van der Waals surface area (Å²) in [6.07, 6.45) is 1.83. The molecule has 3 aromatic rings. The number of H-pyrrole nitrogens is 1. The van der Waals surface area contributed by atoms with Crippen molar-refractivity contribution in [3.05, 3.63) is 59.0 Å². The molecule has 10 heteroatoms. The third kappa shape index (κ3) is 3.93. The smallest absolute Gasteiger partial charge is 0.256 e. The van der Waals surface area contributed by atoms with Crippen molar-refractivity contribution < 1.29 is 22.7 Å². The highest BCUT2D eigenvalue weighted by Gasteiger charge is 2.30. The minimum absolute atomic E-state index is 0.0175. The van der Waals surface area contributed by atoms with Crippen LogP contribution in [0.25, 0.3) is 10.9 Å². The van der Waals surface area contributed by atoms with Crippen LogP contribution in [0, 0.1) is 5.82 Å². The lowest BCUT2D eigenvalue weighted by Gasteiger charge is -2.28. The number of halogens is 2. The first kappa shape index (κ1) is 20.8. The Morgan fingerprint density at radius 3 is 2.63 bits per heavy atom. The molecule has 158 valence electrons. The highest BCUT2D eigenvalue weighted by molar-refractivity contribution is 7.89. The lowest BCUT2D eigenvalue weighted by molar-refractivity contribution is 0.102. The number of hydrogen-bond acceptors (Lipinski definition) is 4. The van der Waals surface area contributed by atoms with Gasteiger partial charge < -0.3 is 15.4 Å². The summed E-state index contributed by atoms with van der Waals surface area (Å²) >= 11 is 5.77. The SMILES string of the molecule is O=C(Nc1ccc(F)c(Cl)c1)c1cc(S(=O)(=O)N2CCC(O)CC2)cc2[nH]ccc12. The molecule has 1 saturated heterocycles. The fourth-order valence-electron chi connectivity index (χ4n) is 3.48. The molecule has 1 aromatic heterocycles. The summed E-state index contributed by atoms with van der Waals surface area (Å²) in [7, 11) is -3.84. The van der Waals surface area contributed by atoms with E-state index >= 15 is 0 Å². The molecule has 1 amide bonds. The quantitative estimate of drug-likeness (QED) is 0.566. The van der Waals surface area contributed by atoms with Crippen LogP contribution < -0.4 is 5.32 Å². The Morgan fingerprint density at radius 2 is 1.93 bits per heavy atom. The second-order valence-corrected chi connectivity index (χ2v) is 9.47. The molecule has 7 nitrogen and oxygen atoms in total. The predicted molar refractivity (Wildman–Crippen MR) is 112 cm³/mol. The van der Waals surface area contributed by atoms with Gasteiger partial charge in [0.05, 0.1) is 21.6 Å². The standard InChI is InChI=1S/C20H19ClFN3O4S/c21-17-9-12(1-2-18(17)22)24-20(27)16-10-14(11-19-15(16)3-6-23-19)30(28,29)25-7-4-13(26)5-8-25/h1-3,6,9-11,13,23,26H,4-5,7-8H2,(H,24,27). The summed E-state index contributed by atoms with van der Waals surface area (Å²) in [4.78, 5) is 15.8. The van der Waals surface area contributed by atoms with E-state index in [4.69, 9.17) is 11.6 Å². The Balaban J connectivity index is 1.70. The number of anilines is 1. The van der Waals surface area contributed by atoms with E-state index in [1.807, 2.05) is 0 Å². The molecule has 0 radical (unpaired) electrons. The number of aromatic nitrogens is 1. The average molecular weight is 452 g/mol. The molecule has 0 aliphatic carbocycles. The van der Waals surface area contributed by atoms with E-state index in [-0.39, 0.29) is 34.3 Å². The third-order valence-corrected chi connectivity index (χ3v) is 7.29. The summed E-state index contributed by atoms with van der Waals surface area (Å²) in [5, 5.41) is 12.7. The molecule has 30 heavy (non-hydrogen) atoms. The Hall–Kier alpha value is -2.46. The number of carbonyl (C=O) groups excluding carboxylic acids is 1. The Kier molecular flexibility index (Phi) is 5.54. The van der Waals surface area contributed by atoms with Gasteiger partial charge in [-0.15, -0.1) is 0 Å². The number of rotatable bonds is 4. The number of hydrogen-bond donors (Lipinski definition) is 3. The van der Waals surface area contributed by atoms with E-state index in [2.05, 4.69) is 10.3 Å². The van der Waals surface area contributed by atoms with E-state index in [9.17, 15) is 22.7 Å². The van der Waals surface area contributed by atoms with Gasteiger partial charge in [0, 0.05) is 35.9 Å². The molecule has 0 unspecified atom stereocenters. The number of carbonyl (C=O) groups is 1. The van der Waals surface area contributed by atoms with Crippen molar-refractivity contribution in [2.75, 3.05) is 18.4 Å². The number of aliphatic hydroxyl groups is 1. The second kappa shape index (κ2) is 7.99. The molecule has 1 aliphatic heterocycles. The fourth-order valence-corrected chi connectivity index (χ4v) is 5.19. The number of piperidine rings is 1. The number of aliphatic hydroxyl groups excluding tert-OH is 1. The maximum absolute atomic E-state index is 13.4. The number of benzene rings is 2. The van der Waals surface area contributed by atoms with Gasteiger partial charge in [0.25, 0.3) is 5.91 Å². The first-order chi connectivity index (χ1) is 14.3. The summed E-state index contributed by atoms with van der Waals surface area (Å²) < 4.78 is 40.9. The topological polar surface area (TPSA) is 102 Å². The highest BCUT2D eigenvalue weighted by Crippen LogP contribution is 2.28. The van der Waals surface area contributed by atoms with Crippen LogP contribution in [0.4, 0.5) is 10.1 Å². The molecule has 1 aliphatic rings. The Bertz CT molecular complexity index is 1220. The number of amides is 1. The van der Waals surface area contributed by atoms with Gasteiger partial charge in [-0.3, -0.25) is 4.79 Å². The average Bonchev–Trinajstić information content (AvgIpc) is 3.19. The highest BCUT2D eigenvalue weighted by atomic mass is 35.5. The third-order valence-electron chi connectivity index (χ3n) is 5.13. The van der Waals surface area contributed by atoms with Crippen LogP contribution in [-0.2, 0) is 10.0 Å². The summed E-state index contributed by atoms with van der Waals surface area (Å²) in [5.41, 5.74) is 0.939. The molecule has 2 aromatic carbocycles. The number of aromatic amines is 1. The lowest BCUT2D eigenvalue weighted by atomic mass is 10.1. The molecule has 3 N–H and O–H groups in total. The van der Waals surface area contributed by atoms with Crippen LogP contribution in [0.2, 0.25) is 5.02 Å². The Morgan fingerprint density at radius 1 is 1.20 bits per heavy atom. The summed E-state index contributed by atoms with van der Waals surface area (Å²) in [6, 6.07) is 8.28. The van der Waals surface area contributed by atoms with Gasteiger partial charge in [0.15, 0.2) is 0 Å². The lowest BCUT2D eigenvalue weighted by Crippen LogP contribution is -2.40. The summed E-state index contributed by atoms with van der Waals surface area (Å²) in [6.45, 7) is 0.420. The zero-order valence-corrected chi connectivity index (χ0v) is 17.3. The zero-order chi connectivity index (χ0) is 21.5. The minimum Gasteiger partial charge on any atom is -0.393 e. The molecular formula is C20H19ClFN3O4S. The number of nitrogens with zero attached hydrogens (tertiary/aromatic N) is 1. The van der Waals surface area contributed by atoms with Crippen LogP contribution in [0.1, 0.15) is 23.2 Å². The first-order valence-corrected chi connectivity index (χ1v) is 11.1. The van der Waals surface area contributed by atoms with E-state index in [0.29, 0.717) is 23.7 Å². The minimum atomic E-state index is -3.84. The molecule has 1 fully saturated rings. The van der Waals surface area contributed by atoms with Crippen LogP contribution in [0.3, 0.4) is 0 Å². The molecule has 0 spiro atoms. The monoisotopic (exact) mass is 451 g/mol. The molecule has 2 heterocycles. The van der Waals surface area contributed by atoms with Crippen molar-refractivity contribution in [1.29, 1.82) is 0 Å².